The fourth-order valence-electron chi connectivity index (χ4n) is 2.89. The lowest BCUT2D eigenvalue weighted by atomic mass is 10.2. The van der Waals surface area contributed by atoms with Crippen LogP contribution in [0.25, 0.3) is 0 Å². The fourth-order valence-corrected chi connectivity index (χ4v) is 3.72. The van der Waals surface area contributed by atoms with Gasteiger partial charge in [0.05, 0.1) is 25.0 Å². The van der Waals surface area contributed by atoms with Gasteiger partial charge in [0.15, 0.2) is 11.0 Å². The van der Waals surface area contributed by atoms with Crippen molar-refractivity contribution >= 4 is 35.2 Å². The van der Waals surface area contributed by atoms with E-state index < -0.39 is 5.97 Å². The topological polar surface area (TPSA) is 115 Å². The summed E-state index contributed by atoms with van der Waals surface area (Å²) in [5.74, 6) is -0.207. The van der Waals surface area contributed by atoms with Crippen LogP contribution in [-0.4, -0.2) is 45.4 Å². The van der Waals surface area contributed by atoms with Gasteiger partial charge in [0.2, 0.25) is 5.91 Å². The first kappa shape index (κ1) is 23.0. The molecular formula is C22H23N5O4S. The number of anilines is 1. The number of hydrogen-bond acceptors (Lipinski definition) is 7. The molecule has 2 N–H and O–H groups in total. The van der Waals surface area contributed by atoms with Crippen LogP contribution < -0.4 is 10.6 Å². The molecule has 3 aromatic rings. The van der Waals surface area contributed by atoms with E-state index in [1.807, 2.05) is 17.6 Å². The van der Waals surface area contributed by atoms with E-state index in [2.05, 4.69) is 25.6 Å². The molecule has 0 aliphatic heterocycles. The van der Waals surface area contributed by atoms with Crippen molar-refractivity contribution in [1.29, 1.82) is 0 Å². The third-order valence-electron chi connectivity index (χ3n) is 4.45. The SMILES string of the molecule is CCn1c(CNC(=O)c2ccccc2)nnc1SCC(=O)Nc1cccc(C(=O)OC)c1. The quantitative estimate of drug-likeness (QED) is 0.378. The second-order valence-electron chi connectivity index (χ2n) is 6.60. The van der Waals surface area contributed by atoms with Gasteiger partial charge in [-0.1, -0.05) is 36.0 Å². The minimum absolute atomic E-state index is 0.108. The van der Waals surface area contributed by atoms with E-state index in [1.165, 1.54) is 18.9 Å². The number of nitrogens with zero attached hydrogens (tertiary/aromatic N) is 3. The van der Waals surface area contributed by atoms with E-state index in [1.54, 1.807) is 48.5 Å². The summed E-state index contributed by atoms with van der Waals surface area (Å²) in [6.45, 7) is 2.75. The Balaban J connectivity index is 1.56. The molecule has 32 heavy (non-hydrogen) atoms. The highest BCUT2D eigenvalue weighted by Gasteiger charge is 2.15. The number of amides is 2. The second-order valence-corrected chi connectivity index (χ2v) is 7.54. The molecule has 1 aromatic heterocycles. The summed E-state index contributed by atoms with van der Waals surface area (Å²) in [5, 5.41) is 14.5. The van der Waals surface area contributed by atoms with Crippen molar-refractivity contribution in [2.24, 2.45) is 0 Å². The molecule has 0 radical (unpaired) electrons. The molecule has 1 heterocycles. The van der Waals surface area contributed by atoms with Crippen LogP contribution in [0.1, 0.15) is 33.5 Å². The summed E-state index contributed by atoms with van der Waals surface area (Å²) < 4.78 is 6.54. The van der Waals surface area contributed by atoms with Crippen LogP contribution in [0, 0.1) is 0 Å². The summed E-state index contributed by atoms with van der Waals surface area (Å²) in [7, 11) is 1.30. The summed E-state index contributed by atoms with van der Waals surface area (Å²) in [4.78, 5) is 36.2. The Morgan fingerprint density at radius 2 is 1.78 bits per heavy atom. The highest BCUT2D eigenvalue weighted by molar-refractivity contribution is 7.99. The van der Waals surface area contributed by atoms with E-state index in [4.69, 9.17) is 0 Å². The van der Waals surface area contributed by atoms with Gasteiger partial charge in [-0.2, -0.15) is 0 Å². The van der Waals surface area contributed by atoms with E-state index >= 15 is 0 Å². The molecule has 0 atom stereocenters. The predicted molar refractivity (Wildman–Crippen MR) is 120 cm³/mol. The molecule has 9 nitrogen and oxygen atoms in total. The zero-order valence-electron chi connectivity index (χ0n) is 17.7. The van der Waals surface area contributed by atoms with Crippen LogP contribution in [-0.2, 0) is 22.6 Å². The number of aromatic nitrogens is 3. The highest BCUT2D eigenvalue weighted by Crippen LogP contribution is 2.18. The third kappa shape index (κ3) is 5.94. The molecule has 2 amide bonds. The number of esters is 1. The molecule has 0 fully saturated rings. The van der Waals surface area contributed by atoms with Gasteiger partial charge in [-0.25, -0.2) is 4.79 Å². The van der Waals surface area contributed by atoms with Gasteiger partial charge in [-0.05, 0) is 37.3 Å². The Kier molecular flexibility index (Phi) is 7.98. The summed E-state index contributed by atoms with van der Waals surface area (Å²) in [6, 6.07) is 15.4. The van der Waals surface area contributed by atoms with Crippen molar-refractivity contribution in [2.45, 2.75) is 25.2 Å². The lowest BCUT2D eigenvalue weighted by molar-refractivity contribution is -0.113. The van der Waals surface area contributed by atoms with Gasteiger partial charge in [-0.15, -0.1) is 10.2 Å². The van der Waals surface area contributed by atoms with Gasteiger partial charge in [-0.3, -0.25) is 9.59 Å². The highest BCUT2D eigenvalue weighted by atomic mass is 32.2. The standard InChI is InChI=1S/C22H23N5O4S/c1-3-27-18(13-23-20(29)15-8-5-4-6-9-15)25-26-22(27)32-14-19(28)24-17-11-7-10-16(12-17)21(30)31-2/h4-12H,3,13-14H2,1-2H3,(H,23,29)(H,24,28). The minimum Gasteiger partial charge on any atom is -0.465 e. The van der Waals surface area contributed by atoms with Crippen molar-refractivity contribution in [3.63, 3.8) is 0 Å². The van der Waals surface area contributed by atoms with Gasteiger partial charge in [0.25, 0.3) is 5.91 Å². The third-order valence-corrected chi connectivity index (χ3v) is 5.42. The van der Waals surface area contributed by atoms with Crippen LogP contribution in [0.3, 0.4) is 0 Å². The minimum atomic E-state index is -0.474. The fraction of sp³-hybridized carbons (Fsp3) is 0.227. The number of hydrogen-bond donors (Lipinski definition) is 2. The first-order valence-corrected chi connectivity index (χ1v) is 10.9. The molecule has 3 rings (SSSR count). The van der Waals surface area contributed by atoms with Crippen LogP contribution in [0.4, 0.5) is 5.69 Å². The lowest BCUT2D eigenvalue weighted by Gasteiger charge is -2.09. The Labute approximate surface area is 189 Å². The number of rotatable bonds is 9. The van der Waals surface area contributed by atoms with Crippen molar-refractivity contribution in [2.75, 3.05) is 18.2 Å². The molecule has 10 heteroatoms. The van der Waals surface area contributed by atoms with Crippen LogP contribution in [0.15, 0.2) is 59.8 Å². The van der Waals surface area contributed by atoms with E-state index in [-0.39, 0.29) is 24.1 Å². The van der Waals surface area contributed by atoms with Gasteiger partial charge in [0.1, 0.15) is 0 Å². The summed E-state index contributed by atoms with van der Waals surface area (Å²) in [6.07, 6.45) is 0. The van der Waals surface area contributed by atoms with Crippen LogP contribution in [0.2, 0.25) is 0 Å². The van der Waals surface area contributed by atoms with Gasteiger partial charge in [0, 0.05) is 17.8 Å². The monoisotopic (exact) mass is 453 g/mol. The predicted octanol–water partition coefficient (Wildman–Crippen LogP) is 2.75. The first-order valence-electron chi connectivity index (χ1n) is 9.88. The number of carbonyl (C=O) groups excluding carboxylic acids is 3. The van der Waals surface area contributed by atoms with Gasteiger partial charge < -0.3 is 19.9 Å². The largest absolute Gasteiger partial charge is 0.465 e. The smallest absolute Gasteiger partial charge is 0.337 e. The van der Waals surface area contributed by atoms with Crippen molar-refractivity contribution < 1.29 is 19.1 Å². The number of thioether (sulfide) groups is 1. The molecule has 0 spiro atoms. The number of methoxy groups -OCH3 is 1. The molecular weight excluding hydrogens is 430 g/mol. The molecule has 2 aromatic carbocycles. The number of nitrogens with one attached hydrogen (secondary N) is 2. The average Bonchev–Trinajstić information content (AvgIpc) is 3.23. The molecule has 166 valence electrons. The molecule has 0 aliphatic carbocycles. The number of carbonyl (C=O) groups is 3. The molecule has 0 bridgehead atoms. The zero-order valence-corrected chi connectivity index (χ0v) is 18.5. The van der Waals surface area contributed by atoms with Crippen LogP contribution >= 0.6 is 11.8 Å². The Morgan fingerprint density at radius 3 is 2.50 bits per heavy atom. The van der Waals surface area contributed by atoms with E-state index in [9.17, 15) is 14.4 Å². The summed E-state index contributed by atoms with van der Waals surface area (Å²) in [5.41, 5.74) is 1.42. The molecule has 0 aliphatic rings. The molecule has 0 saturated carbocycles. The van der Waals surface area contributed by atoms with E-state index in [0.29, 0.717) is 34.3 Å². The van der Waals surface area contributed by atoms with E-state index in [0.717, 1.165) is 0 Å². The summed E-state index contributed by atoms with van der Waals surface area (Å²) >= 11 is 1.24. The zero-order chi connectivity index (χ0) is 22.9. The molecule has 0 unspecified atom stereocenters. The maximum absolute atomic E-state index is 12.4. The Morgan fingerprint density at radius 1 is 1.03 bits per heavy atom. The number of ether oxygens (including phenoxy) is 1. The van der Waals surface area contributed by atoms with Gasteiger partial charge >= 0.3 is 5.97 Å². The first-order chi connectivity index (χ1) is 15.5. The van der Waals surface area contributed by atoms with Crippen molar-refractivity contribution in [1.82, 2.24) is 20.1 Å². The van der Waals surface area contributed by atoms with Crippen LogP contribution in [0.5, 0.6) is 0 Å². The maximum atomic E-state index is 12.4. The molecule has 0 saturated heterocycles. The Hall–Kier alpha value is -3.66. The average molecular weight is 454 g/mol. The normalized spacial score (nSPS) is 10.4. The number of benzene rings is 2. The van der Waals surface area contributed by atoms with Crippen molar-refractivity contribution in [3.05, 3.63) is 71.5 Å². The Bertz CT molecular complexity index is 1100. The maximum Gasteiger partial charge on any atom is 0.337 e. The lowest BCUT2D eigenvalue weighted by Crippen LogP contribution is -2.24. The van der Waals surface area contributed by atoms with Crippen molar-refractivity contribution in [3.8, 4) is 0 Å². The second kappa shape index (κ2) is 11.1.